The molecule has 1 unspecified atom stereocenters. The molecule has 1 amide bonds. The van der Waals surface area contributed by atoms with Crippen molar-refractivity contribution in [2.45, 2.75) is 31.7 Å². The summed E-state index contributed by atoms with van der Waals surface area (Å²) in [6, 6.07) is 7.93. The summed E-state index contributed by atoms with van der Waals surface area (Å²) in [6.07, 6.45) is 4.43. The van der Waals surface area contributed by atoms with Gasteiger partial charge in [0, 0.05) is 31.1 Å². The Kier molecular flexibility index (Phi) is 5.91. The quantitative estimate of drug-likeness (QED) is 0.921. The fourth-order valence-corrected chi connectivity index (χ4v) is 3.35. The maximum atomic E-state index is 12.6. The molecule has 0 bridgehead atoms. The van der Waals surface area contributed by atoms with Crippen LogP contribution >= 0.6 is 24.0 Å². The van der Waals surface area contributed by atoms with E-state index in [2.05, 4.69) is 5.32 Å². The highest BCUT2D eigenvalue weighted by atomic mass is 35.5. The lowest BCUT2D eigenvalue weighted by Crippen LogP contribution is -2.49. The second kappa shape index (κ2) is 7.48. The molecule has 2 fully saturated rings. The van der Waals surface area contributed by atoms with E-state index in [0.717, 1.165) is 30.2 Å². The molecule has 3 nitrogen and oxygen atoms in total. The Morgan fingerprint density at radius 2 is 2.10 bits per heavy atom. The molecule has 1 N–H and O–H groups in total. The minimum atomic E-state index is 0. The van der Waals surface area contributed by atoms with E-state index in [1.165, 1.54) is 19.3 Å². The summed E-state index contributed by atoms with van der Waals surface area (Å²) in [7, 11) is 0. The highest BCUT2D eigenvalue weighted by Gasteiger charge is 2.31. The molecule has 116 valence electrons. The Bertz CT molecular complexity index is 491. The zero-order valence-electron chi connectivity index (χ0n) is 12.1. The lowest BCUT2D eigenvalue weighted by Gasteiger charge is -2.38. The normalized spacial score (nSPS) is 22.3. The number of piperazine rings is 1. The van der Waals surface area contributed by atoms with Crippen LogP contribution in [-0.4, -0.2) is 30.4 Å². The van der Waals surface area contributed by atoms with Crippen LogP contribution in [0.25, 0.3) is 0 Å². The van der Waals surface area contributed by atoms with E-state index in [4.69, 9.17) is 11.6 Å². The van der Waals surface area contributed by atoms with Gasteiger partial charge in [-0.05, 0) is 30.4 Å². The van der Waals surface area contributed by atoms with Gasteiger partial charge in [0.25, 0.3) is 0 Å². The Labute approximate surface area is 137 Å². The molecular formula is C16H22Cl2N2O. The number of amides is 1. The van der Waals surface area contributed by atoms with Gasteiger partial charge in [-0.3, -0.25) is 4.79 Å². The first-order chi connectivity index (χ1) is 9.75. The second-order valence-electron chi connectivity index (χ2n) is 5.83. The third-order valence-corrected chi connectivity index (χ3v) is 4.86. The van der Waals surface area contributed by atoms with Crippen molar-refractivity contribution in [1.29, 1.82) is 0 Å². The van der Waals surface area contributed by atoms with Crippen molar-refractivity contribution in [2.24, 2.45) is 5.92 Å². The zero-order chi connectivity index (χ0) is 13.9. The predicted molar refractivity (Wildman–Crippen MR) is 88.0 cm³/mol. The van der Waals surface area contributed by atoms with Crippen molar-refractivity contribution in [3.05, 3.63) is 34.9 Å². The summed E-state index contributed by atoms with van der Waals surface area (Å²) in [5.74, 6) is 0.908. The summed E-state index contributed by atoms with van der Waals surface area (Å²) in [4.78, 5) is 14.6. The summed E-state index contributed by atoms with van der Waals surface area (Å²) in [5.41, 5.74) is 1.06. The summed E-state index contributed by atoms with van der Waals surface area (Å²) < 4.78 is 0. The minimum Gasteiger partial charge on any atom is -0.333 e. The van der Waals surface area contributed by atoms with Crippen LogP contribution in [0.15, 0.2) is 24.3 Å². The van der Waals surface area contributed by atoms with Gasteiger partial charge < -0.3 is 10.2 Å². The van der Waals surface area contributed by atoms with Crippen LogP contribution in [0.1, 0.15) is 37.3 Å². The van der Waals surface area contributed by atoms with Crippen molar-refractivity contribution < 1.29 is 4.79 Å². The van der Waals surface area contributed by atoms with E-state index in [1.807, 2.05) is 29.2 Å². The van der Waals surface area contributed by atoms with Crippen LogP contribution in [-0.2, 0) is 4.79 Å². The molecule has 1 aromatic carbocycles. The maximum absolute atomic E-state index is 12.6. The summed E-state index contributed by atoms with van der Waals surface area (Å²) in [6.45, 7) is 2.44. The fraction of sp³-hybridized carbons (Fsp3) is 0.562. The molecule has 3 rings (SSSR count). The first-order valence-electron chi connectivity index (χ1n) is 7.50. The Morgan fingerprint density at radius 3 is 2.76 bits per heavy atom. The third kappa shape index (κ3) is 3.71. The molecule has 0 aromatic heterocycles. The molecule has 1 saturated carbocycles. The van der Waals surface area contributed by atoms with Gasteiger partial charge in [-0.25, -0.2) is 0 Å². The average molecular weight is 329 g/mol. The van der Waals surface area contributed by atoms with Crippen LogP contribution in [0.5, 0.6) is 0 Å². The van der Waals surface area contributed by atoms with E-state index in [0.29, 0.717) is 18.2 Å². The zero-order valence-corrected chi connectivity index (χ0v) is 13.6. The van der Waals surface area contributed by atoms with E-state index >= 15 is 0 Å². The number of hydrogen-bond donors (Lipinski definition) is 1. The standard InChI is InChI=1S/C16H21ClN2O.ClH/c17-14-7-2-1-6-13(14)15-11-18-8-9-19(15)16(20)10-12-4-3-5-12;/h1-2,6-7,12,15,18H,3-5,8-11H2;1H. The van der Waals surface area contributed by atoms with Crippen molar-refractivity contribution >= 4 is 29.9 Å². The number of rotatable bonds is 3. The first-order valence-corrected chi connectivity index (χ1v) is 7.88. The van der Waals surface area contributed by atoms with Gasteiger partial charge in [0.15, 0.2) is 0 Å². The molecule has 1 aromatic rings. The molecule has 21 heavy (non-hydrogen) atoms. The van der Waals surface area contributed by atoms with Crippen molar-refractivity contribution in [3.8, 4) is 0 Å². The van der Waals surface area contributed by atoms with Gasteiger partial charge in [0.05, 0.1) is 6.04 Å². The monoisotopic (exact) mass is 328 g/mol. The van der Waals surface area contributed by atoms with Crippen LogP contribution in [0, 0.1) is 5.92 Å². The molecule has 1 atom stereocenters. The number of nitrogens with one attached hydrogen (secondary N) is 1. The van der Waals surface area contributed by atoms with Gasteiger partial charge in [-0.1, -0.05) is 36.2 Å². The van der Waals surface area contributed by atoms with Gasteiger partial charge in [0.1, 0.15) is 0 Å². The molecule has 0 spiro atoms. The van der Waals surface area contributed by atoms with E-state index in [9.17, 15) is 4.79 Å². The highest BCUT2D eigenvalue weighted by Crippen LogP contribution is 2.33. The predicted octanol–water partition coefficient (Wildman–Crippen LogP) is 3.42. The Morgan fingerprint density at radius 1 is 1.33 bits per heavy atom. The van der Waals surface area contributed by atoms with Crippen LogP contribution in [0.2, 0.25) is 5.02 Å². The van der Waals surface area contributed by atoms with Crippen LogP contribution in [0.3, 0.4) is 0 Å². The molecule has 1 heterocycles. The van der Waals surface area contributed by atoms with E-state index in [-0.39, 0.29) is 18.4 Å². The Balaban J connectivity index is 0.00000161. The van der Waals surface area contributed by atoms with Crippen LogP contribution in [0.4, 0.5) is 0 Å². The fourth-order valence-electron chi connectivity index (χ4n) is 3.09. The van der Waals surface area contributed by atoms with Gasteiger partial charge in [0.2, 0.25) is 5.91 Å². The molecule has 1 aliphatic carbocycles. The number of nitrogens with zero attached hydrogens (tertiary/aromatic N) is 1. The van der Waals surface area contributed by atoms with Crippen LogP contribution < -0.4 is 5.32 Å². The number of hydrogen-bond acceptors (Lipinski definition) is 2. The summed E-state index contributed by atoms with van der Waals surface area (Å²) >= 11 is 6.31. The molecule has 2 aliphatic rings. The van der Waals surface area contributed by atoms with Crippen molar-refractivity contribution in [3.63, 3.8) is 0 Å². The molecule has 1 aliphatic heterocycles. The lowest BCUT2D eigenvalue weighted by atomic mass is 9.82. The van der Waals surface area contributed by atoms with Gasteiger partial charge in [-0.2, -0.15) is 0 Å². The SMILES string of the molecule is Cl.O=C(CC1CCC1)N1CCNCC1c1ccccc1Cl. The molecule has 5 heteroatoms. The Hall–Kier alpha value is -0.770. The second-order valence-corrected chi connectivity index (χ2v) is 6.24. The highest BCUT2D eigenvalue weighted by molar-refractivity contribution is 6.31. The smallest absolute Gasteiger partial charge is 0.223 e. The maximum Gasteiger partial charge on any atom is 0.223 e. The number of carbonyl (C=O) groups excluding carboxylic acids is 1. The first kappa shape index (κ1) is 16.6. The molecular weight excluding hydrogens is 307 g/mol. The topological polar surface area (TPSA) is 32.3 Å². The van der Waals surface area contributed by atoms with Crippen molar-refractivity contribution in [2.75, 3.05) is 19.6 Å². The number of benzene rings is 1. The average Bonchev–Trinajstić information content (AvgIpc) is 2.43. The van der Waals surface area contributed by atoms with Gasteiger partial charge in [-0.15, -0.1) is 12.4 Å². The van der Waals surface area contributed by atoms with E-state index in [1.54, 1.807) is 0 Å². The molecule has 1 saturated heterocycles. The largest absolute Gasteiger partial charge is 0.333 e. The lowest BCUT2D eigenvalue weighted by molar-refractivity contribution is -0.136. The minimum absolute atomic E-state index is 0. The molecule has 0 radical (unpaired) electrons. The number of halogens is 2. The number of carbonyl (C=O) groups is 1. The van der Waals surface area contributed by atoms with Gasteiger partial charge >= 0.3 is 0 Å². The third-order valence-electron chi connectivity index (χ3n) is 4.52. The van der Waals surface area contributed by atoms with E-state index < -0.39 is 0 Å². The summed E-state index contributed by atoms with van der Waals surface area (Å²) in [5, 5.41) is 4.13. The van der Waals surface area contributed by atoms with Crippen molar-refractivity contribution in [1.82, 2.24) is 10.2 Å².